The van der Waals surface area contributed by atoms with Crippen LogP contribution in [0.1, 0.15) is 16.8 Å². The largest absolute Gasteiger partial charge is 0.497 e. The van der Waals surface area contributed by atoms with Crippen LogP contribution in [0.4, 0.5) is 5.69 Å². The molecular weight excluding hydrogens is 251 g/mol. The van der Waals surface area contributed by atoms with Gasteiger partial charge in [-0.3, -0.25) is 14.0 Å². The fraction of sp³-hybridized carbons (Fsp3) is 0.417. The summed E-state index contributed by atoms with van der Waals surface area (Å²) < 4.78 is 21.3. The topological polar surface area (TPSA) is 49.9 Å². The van der Waals surface area contributed by atoms with E-state index in [2.05, 4.69) is 0 Å². The summed E-state index contributed by atoms with van der Waals surface area (Å²) in [6.07, 6.45) is 1.45. The van der Waals surface area contributed by atoms with Crippen LogP contribution in [-0.2, 0) is 4.57 Å². The number of carbonyl (C=O) groups is 1. The van der Waals surface area contributed by atoms with Gasteiger partial charge in [-0.25, -0.2) is 0 Å². The van der Waals surface area contributed by atoms with E-state index in [1.807, 2.05) is 10.7 Å². The van der Waals surface area contributed by atoms with Crippen molar-refractivity contribution in [2.24, 2.45) is 0 Å². The highest BCUT2D eigenvalue weighted by Crippen LogP contribution is 2.62. The van der Waals surface area contributed by atoms with Gasteiger partial charge in [0.2, 0.25) is 0 Å². The Morgan fingerprint density at radius 2 is 2.17 bits per heavy atom. The van der Waals surface area contributed by atoms with E-state index >= 15 is 0 Å². The van der Waals surface area contributed by atoms with Crippen molar-refractivity contribution in [3.8, 4) is 5.75 Å². The minimum Gasteiger partial charge on any atom is -0.497 e. The first kappa shape index (κ1) is 11.6. The van der Waals surface area contributed by atoms with Crippen molar-refractivity contribution in [2.75, 3.05) is 31.5 Å². The fourth-order valence-electron chi connectivity index (χ4n) is 2.66. The lowest BCUT2D eigenvalue weighted by Gasteiger charge is -2.39. The third kappa shape index (κ3) is 1.34. The van der Waals surface area contributed by atoms with Gasteiger partial charge in [0.05, 0.1) is 18.4 Å². The number of rotatable bonds is 1. The predicted molar refractivity (Wildman–Crippen MR) is 69.5 cm³/mol. The first-order valence-corrected chi connectivity index (χ1v) is 7.71. The molecule has 2 heterocycles. The average Bonchev–Trinajstić information content (AvgIpc) is 2.79. The molecule has 1 aromatic rings. The molecule has 2 aliphatic heterocycles. The number of benzene rings is 1. The lowest BCUT2D eigenvalue weighted by molar-refractivity contribution is 0.0877. The molecule has 0 radical (unpaired) electrons. The number of fused-ring (bicyclic) bond motifs is 3. The van der Waals surface area contributed by atoms with Crippen LogP contribution in [0.3, 0.4) is 0 Å². The highest BCUT2D eigenvalue weighted by Gasteiger charge is 2.47. The summed E-state index contributed by atoms with van der Waals surface area (Å²) in [5.41, 5.74) is 1.35. The first-order chi connectivity index (χ1) is 8.58. The second-order valence-electron chi connectivity index (χ2n) is 4.58. The summed E-state index contributed by atoms with van der Waals surface area (Å²) in [5, 5.41) is 0. The predicted octanol–water partition coefficient (Wildman–Crippen LogP) is 2.18. The van der Waals surface area contributed by atoms with E-state index in [-0.39, 0.29) is 5.91 Å². The Morgan fingerprint density at radius 1 is 1.39 bits per heavy atom. The molecule has 18 heavy (non-hydrogen) atoms. The van der Waals surface area contributed by atoms with Crippen molar-refractivity contribution < 1.29 is 14.1 Å². The molecule has 6 heteroatoms. The Kier molecular flexibility index (Phi) is 2.42. The maximum Gasteiger partial charge on any atom is 0.265 e. The third-order valence-electron chi connectivity index (χ3n) is 3.67. The van der Waals surface area contributed by atoms with Gasteiger partial charge < -0.3 is 9.41 Å². The molecule has 1 unspecified atom stereocenters. The van der Waals surface area contributed by atoms with Crippen LogP contribution >= 0.6 is 7.44 Å². The summed E-state index contributed by atoms with van der Waals surface area (Å²) in [4.78, 5) is 12.3. The fourth-order valence-corrected chi connectivity index (χ4v) is 5.43. The molecule has 3 rings (SSSR count). The molecule has 0 aliphatic carbocycles. The van der Waals surface area contributed by atoms with Crippen molar-refractivity contribution in [1.29, 1.82) is 0 Å². The van der Waals surface area contributed by atoms with Crippen LogP contribution < -0.4 is 9.41 Å². The standard InChI is InChI=1S/C12H15N2O3P/c1-13-12(15)10-8-9(17-2)4-5-11(10)14-6-3-7-18(13,14)16/h4-5,8H,3,6-7H2,1-2H3. The smallest absolute Gasteiger partial charge is 0.265 e. The number of ether oxygens (including phenoxy) is 1. The number of anilines is 1. The molecule has 5 nitrogen and oxygen atoms in total. The highest BCUT2D eigenvalue weighted by atomic mass is 31.2. The molecule has 0 aromatic heterocycles. The highest BCUT2D eigenvalue weighted by molar-refractivity contribution is 7.64. The number of hydrogen-bond donors (Lipinski definition) is 0. The molecule has 1 fully saturated rings. The van der Waals surface area contributed by atoms with Crippen molar-refractivity contribution in [1.82, 2.24) is 4.67 Å². The van der Waals surface area contributed by atoms with Gasteiger partial charge >= 0.3 is 0 Å². The monoisotopic (exact) mass is 266 g/mol. The Hall–Kier alpha value is -1.48. The van der Waals surface area contributed by atoms with E-state index in [1.165, 1.54) is 4.67 Å². The van der Waals surface area contributed by atoms with Gasteiger partial charge in [-0.15, -0.1) is 0 Å². The number of nitrogens with zero attached hydrogens (tertiary/aromatic N) is 2. The van der Waals surface area contributed by atoms with Gasteiger partial charge in [0.1, 0.15) is 5.75 Å². The maximum absolute atomic E-state index is 12.9. The summed E-state index contributed by atoms with van der Waals surface area (Å²) in [6, 6.07) is 5.35. The van der Waals surface area contributed by atoms with Gasteiger partial charge in [0, 0.05) is 19.8 Å². The Labute approximate surface area is 106 Å². The summed E-state index contributed by atoms with van der Waals surface area (Å²) in [5.74, 6) is 0.469. The molecule has 1 atom stereocenters. The van der Waals surface area contributed by atoms with E-state index in [0.29, 0.717) is 17.5 Å². The van der Waals surface area contributed by atoms with Crippen LogP contribution in [0.25, 0.3) is 0 Å². The van der Waals surface area contributed by atoms with Crippen molar-refractivity contribution in [3.63, 3.8) is 0 Å². The number of hydrogen-bond acceptors (Lipinski definition) is 3. The number of carbonyl (C=O) groups excluding carboxylic acids is 1. The molecule has 0 N–H and O–H groups in total. The van der Waals surface area contributed by atoms with Crippen LogP contribution in [-0.4, -0.2) is 37.4 Å². The third-order valence-corrected chi connectivity index (χ3v) is 6.86. The van der Waals surface area contributed by atoms with Crippen molar-refractivity contribution in [2.45, 2.75) is 6.42 Å². The van der Waals surface area contributed by atoms with Gasteiger partial charge in [0.15, 0.2) is 0 Å². The minimum absolute atomic E-state index is 0.176. The maximum atomic E-state index is 12.9. The van der Waals surface area contributed by atoms with Gasteiger partial charge in [-0.05, 0) is 24.6 Å². The average molecular weight is 266 g/mol. The zero-order chi connectivity index (χ0) is 12.9. The molecule has 0 saturated carbocycles. The van der Waals surface area contributed by atoms with E-state index in [0.717, 1.165) is 18.7 Å². The van der Waals surface area contributed by atoms with Gasteiger partial charge in [-0.2, -0.15) is 0 Å². The summed E-state index contributed by atoms with van der Waals surface area (Å²) in [7, 11) is 0.497. The lowest BCUT2D eigenvalue weighted by atomic mass is 10.1. The molecule has 1 aromatic carbocycles. The quantitative estimate of drug-likeness (QED) is 0.731. The molecule has 96 valence electrons. The molecule has 1 amide bonds. The molecule has 2 aliphatic rings. The van der Waals surface area contributed by atoms with Crippen LogP contribution in [0.2, 0.25) is 0 Å². The lowest BCUT2D eigenvalue weighted by Crippen LogP contribution is -2.36. The minimum atomic E-state index is -2.70. The van der Waals surface area contributed by atoms with Gasteiger partial charge in [-0.1, -0.05) is 0 Å². The van der Waals surface area contributed by atoms with Crippen LogP contribution in [0.15, 0.2) is 18.2 Å². The van der Waals surface area contributed by atoms with Crippen molar-refractivity contribution in [3.05, 3.63) is 23.8 Å². The van der Waals surface area contributed by atoms with Crippen LogP contribution in [0.5, 0.6) is 5.75 Å². The molecule has 1 saturated heterocycles. The SMILES string of the molecule is COc1ccc2c(c1)C(=O)N(C)P1(=O)CCCN21. The van der Waals surface area contributed by atoms with E-state index in [9.17, 15) is 9.36 Å². The zero-order valence-electron chi connectivity index (χ0n) is 10.4. The van der Waals surface area contributed by atoms with E-state index in [4.69, 9.17) is 4.74 Å². The zero-order valence-corrected chi connectivity index (χ0v) is 11.3. The first-order valence-electron chi connectivity index (χ1n) is 5.91. The number of amides is 1. The second-order valence-corrected chi connectivity index (χ2v) is 7.44. The normalized spacial score (nSPS) is 26.0. The summed E-state index contributed by atoms with van der Waals surface area (Å²) >= 11 is 0. The molecular formula is C12H15N2O3P. The van der Waals surface area contributed by atoms with Gasteiger partial charge in [0.25, 0.3) is 13.4 Å². The van der Waals surface area contributed by atoms with Crippen LogP contribution in [0, 0.1) is 0 Å². The Balaban J connectivity index is 2.20. The Bertz CT molecular complexity index is 572. The molecule has 0 bridgehead atoms. The molecule has 0 spiro atoms. The summed E-state index contributed by atoms with van der Waals surface area (Å²) in [6.45, 7) is 0.744. The van der Waals surface area contributed by atoms with Crippen molar-refractivity contribution >= 4 is 19.0 Å². The Morgan fingerprint density at radius 3 is 2.89 bits per heavy atom. The van der Waals surface area contributed by atoms with E-state index in [1.54, 1.807) is 26.3 Å². The number of methoxy groups -OCH3 is 1. The van der Waals surface area contributed by atoms with E-state index < -0.39 is 7.44 Å². The second kappa shape index (κ2) is 3.75.